The maximum Gasteiger partial charge on any atom is 0.229 e. The quantitative estimate of drug-likeness (QED) is 0.685. The molecule has 0 aliphatic carbocycles. The van der Waals surface area contributed by atoms with Crippen molar-refractivity contribution >= 4 is 6.08 Å². The van der Waals surface area contributed by atoms with Crippen molar-refractivity contribution in [2.45, 2.75) is 30.7 Å². The van der Waals surface area contributed by atoms with Crippen molar-refractivity contribution in [1.82, 2.24) is 0 Å². The zero-order valence-electron chi connectivity index (χ0n) is 13.1. The second-order valence-electron chi connectivity index (χ2n) is 5.14. The van der Waals surface area contributed by atoms with Crippen LogP contribution in [0.3, 0.4) is 0 Å². The van der Waals surface area contributed by atoms with Crippen molar-refractivity contribution in [3.05, 3.63) is 30.3 Å². The molecule has 1 fully saturated rings. The van der Waals surface area contributed by atoms with Crippen molar-refractivity contribution in [3.8, 4) is 11.5 Å². The predicted octanol–water partition coefficient (Wildman–Crippen LogP) is 0.171. The standard InChI is InChI=1S/C16H22O7/c1-4-9-5-6-10(11(7-9)20-2)22-16-14(19)13(18)15(21-3)12(8-17)23-16/h4-7,12-19H,1,8H2,2-3H3/t12-,13-,14-,15-,16-/m1/s1. The van der Waals surface area contributed by atoms with E-state index in [1.165, 1.54) is 14.2 Å². The van der Waals surface area contributed by atoms with Gasteiger partial charge in [0.15, 0.2) is 11.5 Å². The van der Waals surface area contributed by atoms with Crippen LogP contribution in [0.5, 0.6) is 11.5 Å². The van der Waals surface area contributed by atoms with E-state index in [2.05, 4.69) is 6.58 Å². The van der Waals surface area contributed by atoms with Crippen LogP contribution in [0.1, 0.15) is 5.56 Å². The summed E-state index contributed by atoms with van der Waals surface area (Å²) in [5, 5.41) is 29.6. The van der Waals surface area contributed by atoms with Gasteiger partial charge in [-0.25, -0.2) is 0 Å². The normalized spacial score (nSPS) is 30.7. The molecule has 0 bridgehead atoms. The molecular formula is C16H22O7. The molecule has 7 nitrogen and oxygen atoms in total. The first kappa shape index (κ1) is 17.7. The molecule has 128 valence electrons. The van der Waals surface area contributed by atoms with Crippen molar-refractivity contribution in [1.29, 1.82) is 0 Å². The van der Waals surface area contributed by atoms with Crippen molar-refractivity contribution in [2.24, 2.45) is 0 Å². The van der Waals surface area contributed by atoms with Crippen LogP contribution >= 0.6 is 0 Å². The van der Waals surface area contributed by atoms with Gasteiger partial charge >= 0.3 is 0 Å². The van der Waals surface area contributed by atoms with Gasteiger partial charge < -0.3 is 34.3 Å². The van der Waals surface area contributed by atoms with Crippen LogP contribution in [0.25, 0.3) is 6.08 Å². The molecular weight excluding hydrogens is 304 g/mol. The summed E-state index contributed by atoms with van der Waals surface area (Å²) in [6, 6.07) is 5.13. The maximum absolute atomic E-state index is 10.2. The van der Waals surface area contributed by atoms with E-state index in [0.717, 1.165) is 5.56 Å². The smallest absolute Gasteiger partial charge is 0.229 e. The zero-order valence-corrected chi connectivity index (χ0v) is 13.1. The van der Waals surface area contributed by atoms with Gasteiger partial charge in [0.2, 0.25) is 6.29 Å². The Morgan fingerprint density at radius 2 is 1.96 bits per heavy atom. The molecule has 5 atom stereocenters. The molecule has 0 amide bonds. The molecule has 1 aliphatic heterocycles. The maximum atomic E-state index is 10.2. The first-order valence-corrected chi connectivity index (χ1v) is 7.18. The van der Waals surface area contributed by atoms with Gasteiger partial charge in [-0.05, 0) is 17.7 Å². The Balaban J connectivity index is 2.20. The second-order valence-corrected chi connectivity index (χ2v) is 5.14. The zero-order chi connectivity index (χ0) is 17.0. The Kier molecular flexibility index (Phi) is 5.97. The number of benzene rings is 1. The summed E-state index contributed by atoms with van der Waals surface area (Å²) in [6.07, 6.45) is -3.77. The van der Waals surface area contributed by atoms with Crippen LogP contribution in [0.4, 0.5) is 0 Å². The van der Waals surface area contributed by atoms with E-state index in [-0.39, 0.29) is 6.61 Å². The Morgan fingerprint density at radius 1 is 1.22 bits per heavy atom. The topological polar surface area (TPSA) is 97.6 Å². The molecule has 0 aromatic heterocycles. The third-order valence-corrected chi connectivity index (χ3v) is 3.76. The SMILES string of the molecule is C=Cc1ccc(O[C@@H]2O[C@H](CO)[C@@H](OC)[C@H](O)[C@H]2O)c(OC)c1. The van der Waals surface area contributed by atoms with E-state index in [0.29, 0.717) is 11.5 Å². The molecule has 2 rings (SSSR count). The van der Waals surface area contributed by atoms with Crippen LogP contribution < -0.4 is 9.47 Å². The lowest BCUT2D eigenvalue weighted by Crippen LogP contribution is -2.60. The molecule has 1 saturated heterocycles. The summed E-state index contributed by atoms with van der Waals surface area (Å²) < 4.78 is 21.4. The highest BCUT2D eigenvalue weighted by Gasteiger charge is 2.46. The van der Waals surface area contributed by atoms with Crippen LogP contribution in [-0.4, -0.2) is 66.9 Å². The van der Waals surface area contributed by atoms with Crippen LogP contribution in [-0.2, 0) is 9.47 Å². The second kappa shape index (κ2) is 7.76. The van der Waals surface area contributed by atoms with E-state index in [1.807, 2.05) is 0 Å². The van der Waals surface area contributed by atoms with E-state index >= 15 is 0 Å². The highest BCUT2D eigenvalue weighted by Crippen LogP contribution is 2.32. The average molecular weight is 326 g/mol. The van der Waals surface area contributed by atoms with E-state index in [1.54, 1.807) is 24.3 Å². The fraction of sp³-hybridized carbons (Fsp3) is 0.500. The first-order valence-electron chi connectivity index (χ1n) is 7.18. The Morgan fingerprint density at radius 3 is 2.52 bits per heavy atom. The summed E-state index contributed by atoms with van der Waals surface area (Å²) in [5.41, 5.74) is 0.840. The molecule has 3 N–H and O–H groups in total. The molecule has 0 spiro atoms. The van der Waals surface area contributed by atoms with Gasteiger partial charge in [-0.15, -0.1) is 0 Å². The monoisotopic (exact) mass is 326 g/mol. The highest BCUT2D eigenvalue weighted by atomic mass is 16.7. The van der Waals surface area contributed by atoms with Gasteiger partial charge in [0.05, 0.1) is 13.7 Å². The first-order chi connectivity index (χ1) is 11.0. The minimum atomic E-state index is -1.34. The van der Waals surface area contributed by atoms with Crippen LogP contribution in [0.2, 0.25) is 0 Å². The number of ether oxygens (including phenoxy) is 4. The molecule has 0 unspecified atom stereocenters. The van der Waals surface area contributed by atoms with E-state index in [9.17, 15) is 15.3 Å². The summed E-state index contributed by atoms with van der Waals surface area (Å²) in [4.78, 5) is 0. The Bertz CT molecular complexity index is 531. The number of rotatable bonds is 6. The van der Waals surface area contributed by atoms with Gasteiger partial charge in [-0.1, -0.05) is 18.7 Å². The Hall–Kier alpha value is -1.64. The molecule has 1 aliphatic rings. The predicted molar refractivity (Wildman–Crippen MR) is 82.3 cm³/mol. The molecule has 1 aromatic rings. The van der Waals surface area contributed by atoms with Crippen molar-refractivity contribution < 1.29 is 34.3 Å². The number of aliphatic hydroxyl groups excluding tert-OH is 3. The molecule has 23 heavy (non-hydrogen) atoms. The third-order valence-electron chi connectivity index (χ3n) is 3.76. The van der Waals surface area contributed by atoms with Crippen LogP contribution in [0.15, 0.2) is 24.8 Å². The van der Waals surface area contributed by atoms with Crippen molar-refractivity contribution in [3.63, 3.8) is 0 Å². The van der Waals surface area contributed by atoms with Gasteiger partial charge in [0, 0.05) is 7.11 Å². The largest absolute Gasteiger partial charge is 0.493 e. The third kappa shape index (κ3) is 3.65. The van der Waals surface area contributed by atoms with Gasteiger partial charge in [0.25, 0.3) is 0 Å². The number of hydrogen-bond acceptors (Lipinski definition) is 7. The molecule has 0 radical (unpaired) electrons. The minimum absolute atomic E-state index is 0.335. The highest BCUT2D eigenvalue weighted by molar-refractivity contribution is 5.54. The number of methoxy groups -OCH3 is 2. The summed E-state index contributed by atoms with van der Waals surface area (Å²) in [7, 11) is 2.85. The van der Waals surface area contributed by atoms with Gasteiger partial charge in [-0.3, -0.25) is 0 Å². The lowest BCUT2D eigenvalue weighted by Gasteiger charge is -2.41. The summed E-state index contributed by atoms with van der Waals surface area (Å²) in [5.74, 6) is 0.768. The minimum Gasteiger partial charge on any atom is -0.493 e. The summed E-state index contributed by atoms with van der Waals surface area (Å²) in [6.45, 7) is 3.30. The molecule has 1 heterocycles. The van der Waals surface area contributed by atoms with E-state index in [4.69, 9.17) is 18.9 Å². The van der Waals surface area contributed by atoms with Gasteiger partial charge in [-0.2, -0.15) is 0 Å². The fourth-order valence-corrected chi connectivity index (χ4v) is 2.47. The molecule has 1 aromatic carbocycles. The van der Waals surface area contributed by atoms with Gasteiger partial charge in [0.1, 0.15) is 24.4 Å². The Labute approximate surface area is 134 Å². The van der Waals surface area contributed by atoms with Crippen molar-refractivity contribution in [2.75, 3.05) is 20.8 Å². The van der Waals surface area contributed by atoms with E-state index < -0.39 is 30.7 Å². The number of hydrogen-bond donors (Lipinski definition) is 3. The van der Waals surface area contributed by atoms with Crippen LogP contribution in [0, 0.1) is 0 Å². The summed E-state index contributed by atoms with van der Waals surface area (Å²) >= 11 is 0. The lowest BCUT2D eigenvalue weighted by molar-refractivity contribution is -0.282. The number of aliphatic hydroxyl groups is 3. The lowest BCUT2D eigenvalue weighted by atomic mass is 9.99. The molecule has 7 heteroatoms. The fourth-order valence-electron chi connectivity index (χ4n) is 2.47. The molecule has 0 saturated carbocycles. The average Bonchev–Trinajstić information content (AvgIpc) is 2.58.